The van der Waals surface area contributed by atoms with Crippen molar-refractivity contribution in [3.05, 3.63) is 23.2 Å². The van der Waals surface area contributed by atoms with Gasteiger partial charge < -0.3 is 21.1 Å². The third-order valence-corrected chi connectivity index (χ3v) is 2.20. The second kappa shape index (κ2) is 6.07. The van der Waals surface area contributed by atoms with Crippen molar-refractivity contribution in [1.82, 2.24) is 5.32 Å². The quantitative estimate of drug-likeness (QED) is 0.685. The van der Waals surface area contributed by atoms with E-state index in [0.29, 0.717) is 23.9 Å². The number of hydrogen-bond donors (Lipinski definition) is 3. The molecule has 0 atom stereocenters. The van der Waals surface area contributed by atoms with Crippen LogP contribution in [0.25, 0.3) is 0 Å². The molecule has 0 spiro atoms. The molecule has 5 nitrogen and oxygen atoms in total. The number of primary amides is 1. The first-order valence-corrected chi connectivity index (χ1v) is 5.12. The zero-order valence-corrected chi connectivity index (χ0v) is 9.67. The number of amides is 2. The summed E-state index contributed by atoms with van der Waals surface area (Å²) in [5.41, 5.74) is 5.78. The molecule has 4 N–H and O–H groups in total. The number of ether oxygens (including phenoxy) is 1. The van der Waals surface area contributed by atoms with Crippen LogP contribution in [-0.2, 0) is 0 Å². The zero-order valence-electron chi connectivity index (χ0n) is 8.92. The third-order valence-electron chi connectivity index (χ3n) is 1.91. The molecular formula is C10H14ClN3O2. The molecule has 0 saturated heterocycles. The van der Waals surface area contributed by atoms with E-state index in [1.807, 2.05) is 6.07 Å². The first kappa shape index (κ1) is 12.4. The van der Waals surface area contributed by atoms with Crippen molar-refractivity contribution in [3.63, 3.8) is 0 Å². The lowest BCUT2D eigenvalue weighted by molar-refractivity contribution is 0.249. The van der Waals surface area contributed by atoms with Crippen molar-refractivity contribution < 1.29 is 9.53 Å². The van der Waals surface area contributed by atoms with Crippen molar-refractivity contribution >= 4 is 23.3 Å². The molecule has 0 unspecified atom stereocenters. The molecular weight excluding hydrogens is 230 g/mol. The molecule has 2 amide bonds. The fraction of sp³-hybridized carbons (Fsp3) is 0.300. The van der Waals surface area contributed by atoms with Crippen LogP contribution >= 0.6 is 11.6 Å². The van der Waals surface area contributed by atoms with Crippen LogP contribution in [-0.4, -0.2) is 26.2 Å². The van der Waals surface area contributed by atoms with Gasteiger partial charge in [-0.3, -0.25) is 0 Å². The van der Waals surface area contributed by atoms with Gasteiger partial charge in [-0.2, -0.15) is 0 Å². The summed E-state index contributed by atoms with van der Waals surface area (Å²) in [6, 6.07) is 4.83. The first-order chi connectivity index (χ1) is 7.63. The van der Waals surface area contributed by atoms with Crippen LogP contribution in [0, 0.1) is 0 Å². The Labute approximate surface area is 98.9 Å². The Morgan fingerprint density at radius 3 is 2.81 bits per heavy atom. The van der Waals surface area contributed by atoms with Gasteiger partial charge in [-0.15, -0.1) is 0 Å². The Kier molecular flexibility index (Phi) is 4.72. The zero-order chi connectivity index (χ0) is 12.0. The van der Waals surface area contributed by atoms with E-state index in [2.05, 4.69) is 10.6 Å². The van der Waals surface area contributed by atoms with E-state index < -0.39 is 6.03 Å². The van der Waals surface area contributed by atoms with Crippen molar-refractivity contribution in [1.29, 1.82) is 0 Å². The Bertz CT molecular complexity index is 371. The number of methoxy groups -OCH3 is 1. The van der Waals surface area contributed by atoms with Crippen LogP contribution in [0.1, 0.15) is 0 Å². The maximum atomic E-state index is 10.4. The van der Waals surface area contributed by atoms with Crippen molar-refractivity contribution in [3.8, 4) is 5.75 Å². The van der Waals surface area contributed by atoms with Crippen LogP contribution in [0.2, 0.25) is 5.02 Å². The van der Waals surface area contributed by atoms with E-state index >= 15 is 0 Å². The molecule has 1 aromatic carbocycles. The number of nitrogens with one attached hydrogen (secondary N) is 2. The van der Waals surface area contributed by atoms with Crippen molar-refractivity contribution in [2.75, 3.05) is 25.5 Å². The summed E-state index contributed by atoms with van der Waals surface area (Å²) < 4.78 is 5.02. The maximum Gasteiger partial charge on any atom is 0.312 e. The molecule has 0 aliphatic rings. The van der Waals surface area contributed by atoms with E-state index in [1.54, 1.807) is 19.2 Å². The molecule has 88 valence electrons. The average Bonchev–Trinajstić information content (AvgIpc) is 2.24. The predicted octanol–water partition coefficient (Wildman–Crippen LogP) is 1.43. The Morgan fingerprint density at radius 2 is 2.25 bits per heavy atom. The number of nitrogens with two attached hydrogens (primary N) is 1. The normalized spacial score (nSPS) is 9.62. The highest BCUT2D eigenvalue weighted by Crippen LogP contribution is 2.26. The fourth-order valence-corrected chi connectivity index (χ4v) is 1.43. The molecule has 0 aliphatic carbocycles. The number of benzene rings is 1. The van der Waals surface area contributed by atoms with Gasteiger partial charge in [0.2, 0.25) is 0 Å². The van der Waals surface area contributed by atoms with E-state index in [1.165, 1.54) is 0 Å². The number of hydrogen-bond acceptors (Lipinski definition) is 3. The molecule has 0 aromatic heterocycles. The highest BCUT2D eigenvalue weighted by molar-refractivity contribution is 6.32. The van der Waals surface area contributed by atoms with Crippen molar-refractivity contribution in [2.45, 2.75) is 0 Å². The van der Waals surface area contributed by atoms with Gasteiger partial charge in [0, 0.05) is 18.8 Å². The lowest BCUT2D eigenvalue weighted by Crippen LogP contribution is -2.33. The minimum Gasteiger partial charge on any atom is -0.495 e. The van der Waals surface area contributed by atoms with Gasteiger partial charge in [0.1, 0.15) is 5.75 Å². The van der Waals surface area contributed by atoms with Crippen LogP contribution < -0.4 is 21.1 Å². The molecule has 0 fully saturated rings. The molecule has 0 heterocycles. The van der Waals surface area contributed by atoms with E-state index in [0.717, 1.165) is 5.69 Å². The largest absolute Gasteiger partial charge is 0.495 e. The van der Waals surface area contributed by atoms with Gasteiger partial charge in [0.15, 0.2) is 0 Å². The summed E-state index contributed by atoms with van der Waals surface area (Å²) in [5, 5.41) is 6.09. The molecule has 16 heavy (non-hydrogen) atoms. The van der Waals surface area contributed by atoms with E-state index in [-0.39, 0.29) is 0 Å². The molecule has 6 heteroatoms. The number of carbonyl (C=O) groups is 1. The predicted molar refractivity (Wildman–Crippen MR) is 64.1 cm³/mol. The first-order valence-electron chi connectivity index (χ1n) is 4.74. The Morgan fingerprint density at radius 1 is 1.50 bits per heavy atom. The average molecular weight is 244 g/mol. The van der Waals surface area contributed by atoms with Gasteiger partial charge in [0.25, 0.3) is 0 Å². The highest BCUT2D eigenvalue weighted by Gasteiger charge is 2.01. The Balaban J connectivity index is 2.43. The van der Waals surface area contributed by atoms with Crippen LogP contribution in [0.15, 0.2) is 18.2 Å². The topological polar surface area (TPSA) is 76.4 Å². The van der Waals surface area contributed by atoms with E-state index in [4.69, 9.17) is 22.1 Å². The lowest BCUT2D eigenvalue weighted by atomic mass is 10.3. The van der Waals surface area contributed by atoms with E-state index in [9.17, 15) is 4.79 Å². The molecule has 0 radical (unpaired) electrons. The summed E-state index contributed by atoms with van der Waals surface area (Å²) in [4.78, 5) is 10.4. The molecule has 1 rings (SSSR count). The second-order valence-electron chi connectivity index (χ2n) is 3.07. The smallest absolute Gasteiger partial charge is 0.312 e. The van der Waals surface area contributed by atoms with Gasteiger partial charge in [-0.1, -0.05) is 11.6 Å². The summed E-state index contributed by atoms with van der Waals surface area (Å²) in [5.74, 6) is 0.627. The van der Waals surface area contributed by atoms with Gasteiger partial charge in [-0.05, 0) is 18.2 Å². The Hall–Kier alpha value is -1.62. The summed E-state index contributed by atoms with van der Waals surface area (Å²) in [6.07, 6.45) is 0. The number of carbonyl (C=O) groups excluding carboxylic acids is 1. The maximum absolute atomic E-state index is 10.4. The summed E-state index contributed by atoms with van der Waals surface area (Å²) in [6.45, 7) is 1.03. The second-order valence-corrected chi connectivity index (χ2v) is 3.47. The third kappa shape index (κ3) is 3.86. The lowest BCUT2D eigenvalue weighted by Gasteiger charge is -2.08. The molecule has 0 aliphatic heterocycles. The molecule has 1 aromatic rings. The monoisotopic (exact) mass is 243 g/mol. The molecule has 0 bridgehead atoms. The number of anilines is 1. The minimum absolute atomic E-state index is 0.457. The van der Waals surface area contributed by atoms with Crippen molar-refractivity contribution in [2.24, 2.45) is 5.73 Å². The number of rotatable bonds is 5. The van der Waals surface area contributed by atoms with Crippen LogP contribution in [0.5, 0.6) is 5.75 Å². The summed E-state index contributed by atoms with van der Waals surface area (Å²) >= 11 is 5.94. The summed E-state index contributed by atoms with van der Waals surface area (Å²) in [7, 11) is 1.56. The highest BCUT2D eigenvalue weighted by atomic mass is 35.5. The minimum atomic E-state index is -0.533. The number of halogens is 1. The fourth-order valence-electron chi connectivity index (χ4n) is 1.17. The standard InChI is InChI=1S/C10H14ClN3O2/c1-16-9-3-2-7(6-8(9)11)13-4-5-14-10(12)15/h2-3,6,13H,4-5H2,1H3,(H3,12,14,15). The SMILES string of the molecule is COc1ccc(NCCNC(N)=O)cc1Cl. The van der Waals surface area contributed by atoms with Gasteiger partial charge in [-0.25, -0.2) is 4.79 Å². The molecule has 0 saturated carbocycles. The van der Waals surface area contributed by atoms with Gasteiger partial charge in [0.05, 0.1) is 12.1 Å². The van der Waals surface area contributed by atoms with Crippen LogP contribution in [0.4, 0.5) is 10.5 Å². The van der Waals surface area contributed by atoms with Gasteiger partial charge >= 0.3 is 6.03 Å². The van der Waals surface area contributed by atoms with Crippen LogP contribution in [0.3, 0.4) is 0 Å². The number of urea groups is 1.